The van der Waals surface area contributed by atoms with Crippen molar-refractivity contribution in [2.75, 3.05) is 19.7 Å². The number of hydrogen-bond donors (Lipinski definition) is 3. The van der Waals surface area contributed by atoms with E-state index in [0.29, 0.717) is 18.5 Å². The fourth-order valence-corrected chi connectivity index (χ4v) is 6.84. The predicted molar refractivity (Wildman–Crippen MR) is 137 cm³/mol. The molecule has 1 saturated carbocycles. The van der Waals surface area contributed by atoms with Crippen LogP contribution in [0.5, 0.6) is 5.75 Å². The van der Waals surface area contributed by atoms with Crippen molar-refractivity contribution in [1.29, 1.82) is 0 Å². The third kappa shape index (κ3) is 5.28. The molecule has 9 heteroatoms. The summed E-state index contributed by atoms with van der Waals surface area (Å²) in [5.74, 6) is 1.32. The van der Waals surface area contributed by atoms with Crippen LogP contribution in [-0.2, 0) is 23.9 Å². The van der Waals surface area contributed by atoms with Gasteiger partial charge in [0, 0.05) is 37.5 Å². The summed E-state index contributed by atoms with van der Waals surface area (Å²) in [6.45, 7) is 2.27. The minimum absolute atomic E-state index is 0.0423. The maximum Gasteiger partial charge on any atom is 0.416 e. The fraction of sp³-hybridized carbons (Fsp3) is 0.552. The van der Waals surface area contributed by atoms with Crippen LogP contribution in [0.25, 0.3) is 0 Å². The van der Waals surface area contributed by atoms with Crippen molar-refractivity contribution in [3.63, 3.8) is 0 Å². The van der Waals surface area contributed by atoms with Crippen LogP contribution in [0.4, 0.5) is 13.2 Å². The number of nitrogens with one attached hydrogen (secondary N) is 3. The first-order chi connectivity index (χ1) is 18.3. The van der Waals surface area contributed by atoms with Crippen LogP contribution in [-0.4, -0.2) is 42.6 Å². The summed E-state index contributed by atoms with van der Waals surface area (Å²) in [7, 11) is 0. The second kappa shape index (κ2) is 10.5. The molecule has 0 spiro atoms. The van der Waals surface area contributed by atoms with Gasteiger partial charge in [0.2, 0.25) is 5.91 Å². The largest absolute Gasteiger partial charge is 0.493 e. The molecule has 0 radical (unpaired) electrons. The van der Waals surface area contributed by atoms with Crippen molar-refractivity contribution in [2.45, 2.75) is 69.4 Å². The van der Waals surface area contributed by atoms with Gasteiger partial charge in [-0.15, -0.1) is 0 Å². The van der Waals surface area contributed by atoms with Crippen LogP contribution in [0.1, 0.15) is 60.4 Å². The Bertz CT molecular complexity index is 1170. The van der Waals surface area contributed by atoms with Crippen molar-refractivity contribution in [1.82, 2.24) is 21.1 Å². The van der Waals surface area contributed by atoms with Crippen LogP contribution < -0.4 is 20.9 Å². The molecular weight excluding hydrogens is 493 g/mol. The highest BCUT2D eigenvalue weighted by molar-refractivity contribution is 5.79. The molecule has 3 fully saturated rings. The van der Waals surface area contributed by atoms with E-state index in [2.05, 4.69) is 34.4 Å². The first kappa shape index (κ1) is 25.6. The van der Waals surface area contributed by atoms with E-state index in [0.717, 1.165) is 63.5 Å². The summed E-state index contributed by atoms with van der Waals surface area (Å²) < 4.78 is 46.0. The van der Waals surface area contributed by atoms with Gasteiger partial charge in [-0.3, -0.25) is 15.1 Å². The highest BCUT2D eigenvalue weighted by Crippen LogP contribution is 2.42. The zero-order valence-corrected chi connectivity index (χ0v) is 21.4. The molecule has 5 atom stereocenters. The molecular formula is C29H35F3N4O2. The second-order valence-corrected chi connectivity index (χ2v) is 11.3. The first-order valence-corrected chi connectivity index (χ1v) is 13.8. The topological polar surface area (TPSA) is 65.6 Å². The minimum atomic E-state index is -4.37. The number of halogens is 3. The number of likely N-dealkylation sites (tertiary alicyclic amines) is 1. The van der Waals surface area contributed by atoms with Gasteiger partial charge in [0.25, 0.3) is 0 Å². The number of carbonyl (C=O) groups is 1. The molecule has 1 amide bonds. The van der Waals surface area contributed by atoms with Gasteiger partial charge in [0.1, 0.15) is 5.75 Å². The van der Waals surface area contributed by atoms with Crippen molar-refractivity contribution < 1.29 is 22.7 Å². The highest BCUT2D eigenvalue weighted by Gasteiger charge is 2.43. The third-order valence-electron chi connectivity index (χ3n) is 8.76. The van der Waals surface area contributed by atoms with Gasteiger partial charge in [-0.1, -0.05) is 30.3 Å². The summed E-state index contributed by atoms with van der Waals surface area (Å²) in [4.78, 5) is 15.4. The number of rotatable bonds is 5. The molecule has 3 heterocycles. The number of hydrogen-bond acceptors (Lipinski definition) is 5. The maximum absolute atomic E-state index is 13.5. The van der Waals surface area contributed by atoms with Crippen molar-refractivity contribution >= 4 is 5.91 Å². The summed E-state index contributed by atoms with van der Waals surface area (Å²) in [5.41, 5.74) is 9.13. The predicted octanol–water partition coefficient (Wildman–Crippen LogP) is 4.35. The number of alkyl halides is 3. The summed E-state index contributed by atoms with van der Waals surface area (Å²) in [6, 6.07) is 12.7. The molecule has 6 nitrogen and oxygen atoms in total. The second-order valence-electron chi connectivity index (χ2n) is 11.3. The Morgan fingerprint density at radius 3 is 2.84 bits per heavy atom. The average Bonchev–Trinajstić information content (AvgIpc) is 3.54. The Labute approximate surface area is 221 Å². The van der Waals surface area contributed by atoms with Gasteiger partial charge < -0.3 is 10.1 Å². The Balaban J connectivity index is 1.07. The van der Waals surface area contributed by atoms with Crippen LogP contribution in [0.3, 0.4) is 0 Å². The van der Waals surface area contributed by atoms with Gasteiger partial charge in [0.15, 0.2) is 0 Å². The van der Waals surface area contributed by atoms with E-state index in [4.69, 9.17) is 4.74 Å². The van der Waals surface area contributed by atoms with Crippen LogP contribution in [0, 0.1) is 11.8 Å². The van der Waals surface area contributed by atoms with E-state index in [9.17, 15) is 18.0 Å². The molecule has 3 N–H and O–H groups in total. The molecule has 2 aromatic carbocycles. The smallest absolute Gasteiger partial charge is 0.416 e. The molecule has 1 aliphatic carbocycles. The van der Waals surface area contributed by atoms with E-state index in [1.165, 1.54) is 17.2 Å². The molecule has 38 heavy (non-hydrogen) atoms. The number of ether oxygens (including phenoxy) is 1. The number of nitrogens with zero attached hydrogens (tertiary/aromatic N) is 1. The number of amides is 1. The van der Waals surface area contributed by atoms with E-state index in [1.54, 1.807) is 12.1 Å². The normalized spacial score (nSPS) is 29.4. The number of piperidine rings is 1. The van der Waals surface area contributed by atoms with Crippen molar-refractivity contribution in [2.24, 2.45) is 11.8 Å². The van der Waals surface area contributed by atoms with Gasteiger partial charge in [-0.25, -0.2) is 5.43 Å². The average molecular weight is 529 g/mol. The van der Waals surface area contributed by atoms with E-state index >= 15 is 0 Å². The Morgan fingerprint density at radius 1 is 1.11 bits per heavy atom. The SMILES string of the molecule is O=C(N[C@@H]1CCCN(Cc2ccccc2C(F)(F)F)C1)C1CCC2NNC(c3ccc4c(c3)CCO4)C2C1. The van der Waals surface area contributed by atoms with Crippen molar-refractivity contribution in [3.05, 3.63) is 64.7 Å². The van der Waals surface area contributed by atoms with Gasteiger partial charge in [-0.05, 0) is 73.4 Å². The lowest BCUT2D eigenvalue weighted by Gasteiger charge is -2.36. The van der Waals surface area contributed by atoms with Crippen LogP contribution in [0.15, 0.2) is 42.5 Å². The monoisotopic (exact) mass is 528 g/mol. The highest BCUT2D eigenvalue weighted by atomic mass is 19.4. The molecule has 4 aliphatic rings. The Kier molecular flexibility index (Phi) is 7.09. The summed E-state index contributed by atoms with van der Waals surface area (Å²) in [5, 5.41) is 3.26. The summed E-state index contributed by atoms with van der Waals surface area (Å²) in [6.07, 6.45) is 0.853. The van der Waals surface area contributed by atoms with Crippen LogP contribution >= 0.6 is 0 Å². The molecule has 4 unspecified atom stereocenters. The number of carbonyl (C=O) groups excluding carboxylic acids is 1. The number of hydrazine groups is 1. The van der Waals surface area contributed by atoms with Crippen molar-refractivity contribution in [3.8, 4) is 5.75 Å². The Morgan fingerprint density at radius 2 is 1.97 bits per heavy atom. The number of benzene rings is 2. The zero-order chi connectivity index (χ0) is 26.3. The lowest BCUT2D eigenvalue weighted by Crippen LogP contribution is -2.50. The first-order valence-electron chi connectivity index (χ1n) is 13.8. The molecule has 3 aliphatic heterocycles. The quantitative estimate of drug-likeness (QED) is 0.539. The molecule has 204 valence electrons. The third-order valence-corrected chi connectivity index (χ3v) is 8.76. The molecule has 2 aromatic rings. The standard InChI is InChI=1S/C29H35F3N4O2/c30-29(31,32)24-6-2-1-4-21(24)16-36-12-3-5-22(17-36)33-28(37)20-7-9-25-23(15-20)27(35-34-25)19-8-10-26-18(14-19)11-13-38-26/h1-2,4,6,8,10,14,20,22-23,25,27,34-35H,3,5,7,9,11-13,15-17H2,(H,33,37)/t20?,22-,23?,25?,27?/m1/s1. The zero-order valence-electron chi connectivity index (χ0n) is 21.4. The van der Waals surface area contributed by atoms with Gasteiger partial charge in [-0.2, -0.15) is 13.2 Å². The fourth-order valence-electron chi connectivity index (χ4n) is 6.84. The lowest BCUT2D eigenvalue weighted by molar-refractivity contribution is -0.138. The molecule has 6 rings (SSSR count). The van der Waals surface area contributed by atoms with E-state index < -0.39 is 11.7 Å². The molecule has 2 saturated heterocycles. The van der Waals surface area contributed by atoms with E-state index in [-0.39, 0.29) is 36.0 Å². The van der Waals surface area contributed by atoms with Crippen LogP contribution in [0.2, 0.25) is 0 Å². The number of fused-ring (bicyclic) bond motifs is 2. The lowest BCUT2D eigenvalue weighted by atomic mass is 9.74. The van der Waals surface area contributed by atoms with E-state index in [1.807, 2.05) is 4.90 Å². The molecule has 0 bridgehead atoms. The minimum Gasteiger partial charge on any atom is -0.493 e. The van der Waals surface area contributed by atoms with Gasteiger partial charge in [0.05, 0.1) is 18.2 Å². The molecule has 0 aromatic heterocycles. The summed E-state index contributed by atoms with van der Waals surface area (Å²) >= 11 is 0. The maximum atomic E-state index is 13.5. The van der Waals surface area contributed by atoms with Gasteiger partial charge >= 0.3 is 6.18 Å². The Hall–Kier alpha value is -2.62.